The summed E-state index contributed by atoms with van der Waals surface area (Å²) in [4.78, 5) is 146. The fraction of sp³-hybridized carbons (Fsp3) is 0.638. The summed E-state index contributed by atoms with van der Waals surface area (Å²) in [5.74, 6) is -13.4. The van der Waals surface area contributed by atoms with E-state index in [4.69, 9.17) is 5.73 Å². The maximum absolute atomic E-state index is 14.0. The molecule has 2 rings (SSSR count). The summed E-state index contributed by atoms with van der Waals surface area (Å²) >= 11 is 0. The molecular weight excluding hydrogens is 963 g/mol. The molecule has 0 aliphatic carbocycles. The van der Waals surface area contributed by atoms with Gasteiger partial charge in [-0.1, -0.05) is 77.3 Å². The minimum Gasteiger partial charge on any atom is -0.508 e. The number of benzene rings is 1. The molecule has 26 nitrogen and oxygen atoms in total. The molecule has 73 heavy (non-hydrogen) atoms. The summed E-state index contributed by atoms with van der Waals surface area (Å²) in [6.45, 7) is 3.09. The highest BCUT2D eigenvalue weighted by Gasteiger charge is 2.36. The van der Waals surface area contributed by atoms with E-state index in [1.54, 1.807) is 0 Å². The molecule has 0 spiro atoms. The summed E-state index contributed by atoms with van der Waals surface area (Å²) in [6, 6.07) is -8.96. The van der Waals surface area contributed by atoms with E-state index in [9.17, 15) is 83.4 Å². The molecule has 1 heterocycles. The first-order chi connectivity index (χ1) is 34.5. The van der Waals surface area contributed by atoms with Crippen LogP contribution < -0.4 is 48.3 Å². The van der Waals surface area contributed by atoms with Gasteiger partial charge >= 0.3 is 11.9 Å². The number of aromatic hydroxyl groups is 1. The molecule has 9 amide bonds. The van der Waals surface area contributed by atoms with Gasteiger partial charge in [0.15, 0.2) is 0 Å². The van der Waals surface area contributed by atoms with Crippen molar-refractivity contribution in [2.75, 3.05) is 13.2 Å². The summed E-state index contributed by atoms with van der Waals surface area (Å²) in [7, 11) is 0. The maximum atomic E-state index is 14.0. The molecule has 26 heteroatoms. The minimum absolute atomic E-state index is 0.132. The molecule has 16 N–H and O–H groups in total. The largest absolute Gasteiger partial charge is 0.508 e. The van der Waals surface area contributed by atoms with Gasteiger partial charge in [-0.3, -0.25) is 52.7 Å². The molecule has 0 bridgehead atoms. The van der Waals surface area contributed by atoms with Crippen LogP contribution in [0.4, 0.5) is 0 Å². The second-order valence-electron chi connectivity index (χ2n) is 18.2. The summed E-state index contributed by atoms with van der Waals surface area (Å²) < 4.78 is 0. The van der Waals surface area contributed by atoms with Crippen molar-refractivity contribution in [1.29, 1.82) is 0 Å². The lowest BCUT2D eigenvalue weighted by Gasteiger charge is -2.28. The number of unbranched alkanes of at least 4 members (excludes halogenated alkanes) is 5. The highest BCUT2D eigenvalue weighted by atomic mass is 16.4. The number of carboxylic acid groups (broad SMARTS) is 2. The van der Waals surface area contributed by atoms with E-state index in [-0.39, 0.29) is 17.7 Å². The first-order valence-electron chi connectivity index (χ1n) is 24.3. The van der Waals surface area contributed by atoms with Gasteiger partial charge in [-0.05, 0) is 43.4 Å². The average Bonchev–Trinajstić information content (AvgIpc) is 3.32. The van der Waals surface area contributed by atoms with E-state index in [1.807, 2.05) is 0 Å². The predicted molar refractivity (Wildman–Crippen MR) is 257 cm³/mol. The molecule has 0 aromatic heterocycles. The third kappa shape index (κ3) is 23.4. The van der Waals surface area contributed by atoms with Crippen LogP contribution in [0.15, 0.2) is 24.3 Å². The van der Waals surface area contributed by atoms with Crippen LogP contribution in [0.1, 0.15) is 116 Å². The number of aliphatic carboxylic acids is 2. The molecule has 8 unspecified atom stereocenters. The first kappa shape index (κ1) is 62.2. The third-order valence-corrected chi connectivity index (χ3v) is 12.0. The Morgan fingerprint density at radius 1 is 0.589 bits per heavy atom. The maximum Gasteiger partial charge on any atom is 0.305 e. The Hall–Kier alpha value is -6.93. The van der Waals surface area contributed by atoms with E-state index in [1.165, 1.54) is 24.3 Å². The molecule has 1 aromatic rings. The number of carbonyl (C=O) groups excluding carboxylic acids is 9. The number of hydrogen-bond acceptors (Lipinski definition) is 15. The SMILES string of the molecule is CCC(C)CCCCCCCCC1CC(=O)NC(CC(=O)O)C(=O)NC(Cc2ccc(O)cc2)C(=O)NC(CC(N)=O)C(=O)NC(CO)C(=O)NC(CCC(=O)O)C(=O)NC(CO)C(=O)N[C@@H]([C@@H](C)O)C(=O)N1. The van der Waals surface area contributed by atoms with Gasteiger partial charge in [0.1, 0.15) is 48.0 Å². The Morgan fingerprint density at radius 3 is 1.60 bits per heavy atom. The Bertz CT molecular complexity index is 2060. The van der Waals surface area contributed by atoms with E-state index >= 15 is 0 Å². The van der Waals surface area contributed by atoms with Crippen molar-refractivity contribution in [3.05, 3.63) is 29.8 Å². The number of rotatable bonds is 22. The van der Waals surface area contributed by atoms with Crippen molar-refractivity contribution in [2.45, 2.75) is 172 Å². The average molecular weight is 1040 g/mol. The van der Waals surface area contributed by atoms with Gasteiger partial charge in [-0.25, -0.2) is 0 Å². The van der Waals surface area contributed by atoms with Crippen LogP contribution in [-0.4, -0.2) is 163 Å². The molecular formula is C47H73N9O17. The zero-order valence-electron chi connectivity index (χ0n) is 41.4. The van der Waals surface area contributed by atoms with E-state index in [0.29, 0.717) is 18.8 Å². The fourth-order valence-electron chi connectivity index (χ4n) is 7.60. The smallest absolute Gasteiger partial charge is 0.305 e. The number of phenolic OH excluding ortho intramolecular Hbond substituents is 1. The standard InChI is InChI=1S/C47H73N9O17/c1-4-25(2)11-9-7-5-6-8-10-12-28-20-37(62)50-33(22-39(65)66)44(70)52-31(19-27-13-15-29(60)16-14-27)42(68)53-32(21-36(48)61)43(69)55-34(23-57)45(71)51-30(17-18-38(63)64)41(67)54-35(24-58)46(72)56-40(26(3)59)47(73)49-28/h13-16,25-26,28,30-35,40,57-60H,4-12,17-24H2,1-3H3,(H2,48,61)(H,49,73)(H,50,62)(H,51,71)(H,52,70)(H,53,68)(H,54,67)(H,55,69)(H,56,72)(H,63,64)(H,65,66)/t25?,26-,28?,30?,31?,32?,33?,34?,35?,40+/m1/s1. The highest BCUT2D eigenvalue weighted by Crippen LogP contribution is 2.17. The second-order valence-corrected chi connectivity index (χ2v) is 18.2. The summed E-state index contributed by atoms with van der Waals surface area (Å²) in [6.07, 6.45) is 1.12. The number of carbonyl (C=O) groups is 11. The molecule has 408 valence electrons. The van der Waals surface area contributed by atoms with Crippen molar-refractivity contribution < 1.29 is 83.4 Å². The lowest BCUT2D eigenvalue weighted by molar-refractivity contribution is -0.141. The first-order valence-corrected chi connectivity index (χ1v) is 24.3. The molecule has 1 aromatic carbocycles. The third-order valence-electron chi connectivity index (χ3n) is 12.0. The predicted octanol–water partition coefficient (Wildman–Crippen LogP) is -3.04. The monoisotopic (exact) mass is 1040 g/mol. The van der Waals surface area contributed by atoms with Gasteiger partial charge in [0.25, 0.3) is 0 Å². The Morgan fingerprint density at radius 2 is 1.07 bits per heavy atom. The van der Waals surface area contributed by atoms with Crippen LogP contribution in [0, 0.1) is 5.92 Å². The lowest BCUT2D eigenvalue weighted by atomic mass is 9.99. The number of aliphatic hydroxyl groups is 3. The van der Waals surface area contributed by atoms with Crippen molar-refractivity contribution in [3.63, 3.8) is 0 Å². The fourth-order valence-corrected chi connectivity index (χ4v) is 7.60. The number of aliphatic hydroxyl groups excluding tert-OH is 3. The molecule has 1 fully saturated rings. The van der Waals surface area contributed by atoms with Crippen molar-refractivity contribution in [2.24, 2.45) is 11.7 Å². The van der Waals surface area contributed by atoms with Crippen LogP contribution in [0.5, 0.6) is 5.75 Å². The van der Waals surface area contributed by atoms with Gasteiger partial charge in [0.05, 0.1) is 32.2 Å². The van der Waals surface area contributed by atoms with Crippen LogP contribution in [0.2, 0.25) is 0 Å². The highest BCUT2D eigenvalue weighted by molar-refractivity contribution is 5.99. The quantitative estimate of drug-likeness (QED) is 0.0514. The Labute approximate surface area is 422 Å². The number of nitrogens with one attached hydrogen (secondary N) is 8. The Balaban J connectivity index is 2.70. The number of phenols is 1. The molecule has 10 atom stereocenters. The molecule has 0 radical (unpaired) electrons. The lowest BCUT2D eigenvalue weighted by Crippen LogP contribution is -2.62. The number of amides is 9. The zero-order valence-corrected chi connectivity index (χ0v) is 41.4. The van der Waals surface area contributed by atoms with Crippen LogP contribution in [0.25, 0.3) is 0 Å². The van der Waals surface area contributed by atoms with Gasteiger partial charge in [-0.15, -0.1) is 0 Å². The molecule has 1 aliphatic rings. The van der Waals surface area contributed by atoms with Crippen molar-refractivity contribution in [1.82, 2.24) is 42.5 Å². The topological polar surface area (TPSA) is 431 Å². The Kier molecular flexibility index (Phi) is 27.4. The van der Waals surface area contributed by atoms with Crippen molar-refractivity contribution in [3.8, 4) is 5.75 Å². The molecule has 1 aliphatic heterocycles. The van der Waals surface area contributed by atoms with Crippen LogP contribution >= 0.6 is 0 Å². The van der Waals surface area contributed by atoms with E-state index in [0.717, 1.165) is 45.4 Å². The number of carboxylic acids is 2. The summed E-state index contributed by atoms with van der Waals surface area (Å²) in [5, 5.41) is 78.2. The normalized spacial score (nSPS) is 24.3. The summed E-state index contributed by atoms with van der Waals surface area (Å²) in [5.41, 5.74) is 5.67. The minimum atomic E-state index is -1.99. The van der Waals surface area contributed by atoms with E-state index < -0.39 is 171 Å². The molecule has 1 saturated heterocycles. The zero-order chi connectivity index (χ0) is 54.8. The van der Waals surface area contributed by atoms with Crippen LogP contribution in [0.3, 0.4) is 0 Å². The van der Waals surface area contributed by atoms with Gasteiger partial charge in [0.2, 0.25) is 53.2 Å². The van der Waals surface area contributed by atoms with Crippen LogP contribution in [-0.2, 0) is 59.2 Å². The molecule has 0 saturated carbocycles. The van der Waals surface area contributed by atoms with E-state index in [2.05, 4.69) is 56.4 Å². The van der Waals surface area contributed by atoms with Gasteiger partial charge in [-0.2, -0.15) is 0 Å². The second kappa shape index (κ2) is 32.2. The number of primary amides is 1. The van der Waals surface area contributed by atoms with Gasteiger partial charge < -0.3 is 78.9 Å². The number of nitrogens with two attached hydrogens (primary N) is 1. The number of hydrogen-bond donors (Lipinski definition) is 15. The van der Waals surface area contributed by atoms with Gasteiger partial charge in [0, 0.05) is 25.3 Å². The van der Waals surface area contributed by atoms with Crippen molar-refractivity contribution >= 4 is 65.1 Å².